The van der Waals surface area contributed by atoms with Crippen molar-refractivity contribution >= 4 is 17.5 Å². The first-order valence-electron chi connectivity index (χ1n) is 5.89. The maximum atomic E-state index is 10.9. The van der Waals surface area contributed by atoms with Crippen LogP contribution in [0.3, 0.4) is 0 Å². The number of nitrogens with zero attached hydrogens (tertiary/aromatic N) is 3. The van der Waals surface area contributed by atoms with Gasteiger partial charge in [-0.05, 0) is 12.8 Å². The minimum Gasteiger partial charge on any atom is -0.394 e. The quantitative estimate of drug-likeness (QED) is 0.321. The van der Waals surface area contributed by atoms with Crippen LogP contribution >= 0.6 is 0 Å². The number of aliphatic hydroxyl groups is 1. The van der Waals surface area contributed by atoms with E-state index < -0.39 is 10.5 Å². The first-order valence-corrected chi connectivity index (χ1v) is 5.89. The van der Waals surface area contributed by atoms with Crippen LogP contribution in [0, 0.1) is 10.1 Å². The van der Waals surface area contributed by atoms with Crippen molar-refractivity contribution in [3.8, 4) is 0 Å². The number of hydrogen-bond donors (Lipinski definition) is 4. The maximum Gasteiger partial charge on any atom is 0.329 e. The molecule has 1 aromatic heterocycles. The van der Waals surface area contributed by atoms with Gasteiger partial charge in [0.25, 0.3) is 0 Å². The van der Waals surface area contributed by atoms with E-state index in [1.807, 2.05) is 13.8 Å². The van der Waals surface area contributed by atoms with Crippen molar-refractivity contribution in [3.05, 3.63) is 16.3 Å². The number of aliphatic hydroxyl groups excluding tert-OH is 1. The molecule has 0 saturated carbocycles. The van der Waals surface area contributed by atoms with Gasteiger partial charge in [-0.3, -0.25) is 15.5 Å². The standard InChI is InChI=1S/C10H18N6O3/c1-3-10(4-2,6-17)14-8-7(16(18)19)5-12-9(13-8)15-11/h5,17H,3-4,6,11H2,1-2H3,(H2,12,13,14,15). The average Bonchev–Trinajstić information content (AvgIpc) is 2.44. The Bertz CT molecular complexity index is 441. The van der Waals surface area contributed by atoms with Crippen LogP contribution in [-0.4, -0.2) is 32.1 Å². The van der Waals surface area contributed by atoms with Crippen LogP contribution in [0.15, 0.2) is 6.20 Å². The van der Waals surface area contributed by atoms with E-state index in [4.69, 9.17) is 5.84 Å². The first kappa shape index (κ1) is 15.1. The van der Waals surface area contributed by atoms with Crippen molar-refractivity contribution in [2.45, 2.75) is 32.2 Å². The molecular weight excluding hydrogens is 252 g/mol. The van der Waals surface area contributed by atoms with Crippen LogP contribution in [0.5, 0.6) is 0 Å². The molecule has 106 valence electrons. The summed E-state index contributed by atoms with van der Waals surface area (Å²) >= 11 is 0. The van der Waals surface area contributed by atoms with Gasteiger partial charge in [0.2, 0.25) is 11.8 Å². The van der Waals surface area contributed by atoms with Gasteiger partial charge in [0.15, 0.2) is 0 Å². The number of hydrogen-bond acceptors (Lipinski definition) is 8. The Labute approximate surface area is 110 Å². The van der Waals surface area contributed by atoms with Gasteiger partial charge in [0.05, 0.1) is 17.1 Å². The summed E-state index contributed by atoms with van der Waals surface area (Å²) in [6.07, 6.45) is 2.25. The summed E-state index contributed by atoms with van der Waals surface area (Å²) in [5.74, 6) is 5.28. The van der Waals surface area contributed by atoms with E-state index in [1.54, 1.807) is 0 Å². The number of nitrogens with one attached hydrogen (secondary N) is 2. The number of nitrogens with two attached hydrogens (primary N) is 1. The van der Waals surface area contributed by atoms with E-state index >= 15 is 0 Å². The summed E-state index contributed by atoms with van der Waals surface area (Å²) in [6, 6.07) is 0. The smallest absolute Gasteiger partial charge is 0.329 e. The second-order valence-electron chi connectivity index (χ2n) is 4.10. The van der Waals surface area contributed by atoms with Gasteiger partial charge in [0, 0.05) is 0 Å². The first-order chi connectivity index (χ1) is 9.01. The van der Waals surface area contributed by atoms with Crippen LogP contribution in [0.25, 0.3) is 0 Å². The molecule has 0 bridgehead atoms. The van der Waals surface area contributed by atoms with Gasteiger partial charge in [-0.15, -0.1) is 0 Å². The molecule has 0 spiro atoms. The number of rotatable bonds is 7. The zero-order valence-electron chi connectivity index (χ0n) is 10.9. The Morgan fingerprint density at radius 1 is 1.53 bits per heavy atom. The normalized spacial score (nSPS) is 11.2. The summed E-state index contributed by atoms with van der Waals surface area (Å²) in [5, 5.41) is 23.3. The molecule has 0 aliphatic rings. The van der Waals surface area contributed by atoms with Crippen LogP contribution < -0.4 is 16.6 Å². The average molecular weight is 270 g/mol. The van der Waals surface area contributed by atoms with E-state index in [0.29, 0.717) is 12.8 Å². The topological polar surface area (TPSA) is 139 Å². The lowest BCUT2D eigenvalue weighted by molar-refractivity contribution is -0.384. The molecule has 19 heavy (non-hydrogen) atoms. The number of nitro groups is 1. The van der Waals surface area contributed by atoms with Crippen molar-refractivity contribution in [1.29, 1.82) is 0 Å². The Morgan fingerprint density at radius 3 is 2.58 bits per heavy atom. The van der Waals surface area contributed by atoms with E-state index in [1.165, 1.54) is 0 Å². The van der Waals surface area contributed by atoms with Crippen molar-refractivity contribution in [2.75, 3.05) is 17.3 Å². The molecule has 1 heterocycles. The fourth-order valence-corrected chi connectivity index (χ4v) is 1.61. The van der Waals surface area contributed by atoms with Gasteiger partial charge in [0.1, 0.15) is 6.20 Å². The minimum atomic E-state index is -0.662. The SMILES string of the molecule is CCC(CC)(CO)Nc1nc(NN)ncc1[N+](=O)[O-]. The molecule has 1 rings (SSSR count). The number of nitrogen functional groups attached to an aromatic ring is 1. The molecule has 9 nitrogen and oxygen atoms in total. The van der Waals surface area contributed by atoms with Crippen LogP contribution in [0.4, 0.5) is 17.5 Å². The number of anilines is 2. The third-order valence-corrected chi connectivity index (χ3v) is 3.14. The lowest BCUT2D eigenvalue weighted by atomic mass is 9.94. The van der Waals surface area contributed by atoms with Crippen LogP contribution in [0.1, 0.15) is 26.7 Å². The summed E-state index contributed by atoms with van der Waals surface area (Å²) in [4.78, 5) is 18.0. The Kier molecular flexibility index (Phi) is 4.95. The van der Waals surface area contributed by atoms with Crippen LogP contribution in [-0.2, 0) is 0 Å². The minimum absolute atomic E-state index is 0.0331. The van der Waals surface area contributed by atoms with Gasteiger partial charge < -0.3 is 10.4 Å². The van der Waals surface area contributed by atoms with Gasteiger partial charge >= 0.3 is 5.69 Å². The Balaban J connectivity index is 3.19. The zero-order valence-corrected chi connectivity index (χ0v) is 10.9. The predicted molar refractivity (Wildman–Crippen MR) is 70.5 cm³/mol. The van der Waals surface area contributed by atoms with E-state index in [9.17, 15) is 15.2 Å². The molecule has 5 N–H and O–H groups in total. The molecule has 0 atom stereocenters. The predicted octanol–water partition coefficient (Wildman–Crippen LogP) is 0.633. The maximum absolute atomic E-state index is 10.9. The highest BCUT2D eigenvalue weighted by molar-refractivity contribution is 5.58. The van der Waals surface area contributed by atoms with Crippen LogP contribution in [0.2, 0.25) is 0 Å². The number of hydrazine groups is 1. The lowest BCUT2D eigenvalue weighted by Gasteiger charge is -2.31. The molecular formula is C10H18N6O3. The fraction of sp³-hybridized carbons (Fsp3) is 0.600. The molecule has 0 saturated heterocycles. The molecule has 0 unspecified atom stereocenters. The fourth-order valence-electron chi connectivity index (χ4n) is 1.61. The largest absolute Gasteiger partial charge is 0.394 e. The molecule has 0 aromatic carbocycles. The van der Waals surface area contributed by atoms with Gasteiger partial charge in [-0.2, -0.15) is 4.98 Å². The number of aromatic nitrogens is 2. The second kappa shape index (κ2) is 6.25. The summed E-state index contributed by atoms with van der Waals surface area (Å²) in [7, 11) is 0. The molecule has 0 amide bonds. The molecule has 0 radical (unpaired) electrons. The van der Waals surface area contributed by atoms with E-state index in [-0.39, 0.29) is 24.1 Å². The van der Waals surface area contributed by atoms with Gasteiger partial charge in [-0.1, -0.05) is 13.8 Å². The molecule has 0 fully saturated rings. The highest BCUT2D eigenvalue weighted by atomic mass is 16.6. The summed E-state index contributed by atoms with van der Waals surface area (Å²) in [6.45, 7) is 3.59. The van der Waals surface area contributed by atoms with Gasteiger partial charge in [-0.25, -0.2) is 10.8 Å². The molecule has 0 aliphatic carbocycles. The van der Waals surface area contributed by atoms with E-state index in [0.717, 1.165) is 6.20 Å². The lowest BCUT2D eigenvalue weighted by Crippen LogP contribution is -2.41. The third kappa shape index (κ3) is 3.26. The second-order valence-corrected chi connectivity index (χ2v) is 4.10. The summed E-state index contributed by atoms with van der Waals surface area (Å²) < 4.78 is 0. The third-order valence-electron chi connectivity index (χ3n) is 3.14. The van der Waals surface area contributed by atoms with Crippen molar-refractivity contribution < 1.29 is 10.0 Å². The zero-order chi connectivity index (χ0) is 14.5. The van der Waals surface area contributed by atoms with Crippen molar-refractivity contribution in [2.24, 2.45) is 5.84 Å². The molecule has 9 heteroatoms. The molecule has 1 aromatic rings. The Morgan fingerprint density at radius 2 is 2.16 bits per heavy atom. The van der Waals surface area contributed by atoms with E-state index in [2.05, 4.69) is 20.7 Å². The highest BCUT2D eigenvalue weighted by Crippen LogP contribution is 2.28. The monoisotopic (exact) mass is 270 g/mol. The Hall–Kier alpha value is -2.00. The summed E-state index contributed by atoms with van der Waals surface area (Å²) in [5.41, 5.74) is 1.30. The highest BCUT2D eigenvalue weighted by Gasteiger charge is 2.29. The van der Waals surface area contributed by atoms with Crippen molar-refractivity contribution in [1.82, 2.24) is 9.97 Å². The van der Waals surface area contributed by atoms with Crippen molar-refractivity contribution in [3.63, 3.8) is 0 Å². The molecule has 0 aliphatic heterocycles.